The second-order valence-corrected chi connectivity index (χ2v) is 8.66. The Hall–Kier alpha value is -3.98. The Morgan fingerprint density at radius 2 is 1.59 bits per heavy atom. The van der Waals surface area contributed by atoms with Crippen molar-refractivity contribution in [1.82, 2.24) is 4.68 Å². The zero-order valence-electron chi connectivity index (χ0n) is 18.3. The second-order valence-electron chi connectivity index (χ2n) is 7.74. The van der Waals surface area contributed by atoms with Crippen molar-refractivity contribution in [2.45, 2.75) is 13.8 Å². The number of rotatable bonds is 4. The van der Waals surface area contributed by atoms with E-state index in [1.165, 1.54) is 28.9 Å². The summed E-state index contributed by atoms with van der Waals surface area (Å²) < 4.78 is 15.2. The van der Waals surface area contributed by atoms with Gasteiger partial charge in [-0.05, 0) is 74.0 Å². The Morgan fingerprint density at radius 3 is 2.29 bits per heavy atom. The van der Waals surface area contributed by atoms with Crippen LogP contribution in [0.1, 0.15) is 21.6 Å². The van der Waals surface area contributed by atoms with Gasteiger partial charge in [0, 0.05) is 21.2 Å². The van der Waals surface area contributed by atoms with E-state index in [1.54, 1.807) is 30.3 Å². The third-order valence-corrected chi connectivity index (χ3v) is 5.64. The molecule has 172 valence electrons. The Morgan fingerprint density at radius 1 is 0.853 bits per heavy atom. The number of carbonyl (C=O) groups is 3. The van der Waals surface area contributed by atoms with Gasteiger partial charge in [0.15, 0.2) is 0 Å². The number of nitrogens with zero attached hydrogens (tertiary/aromatic N) is 1. The number of hydrogen-bond acceptors (Lipinski definition) is 3. The van der Waals surface area contributed by atoms with Crippen LogP contribution in [0.2, 0.25) is 0 Å². The van der Waals surface area contributed by atoms with Gasteiger partial charge >= 0.3 is 11.8 Å². The van der Waals surface area contributed by atoms with E-state index in [2.05, 4.69) is 32.0 Å². The van der Waals surface area contributed by atoms with Crippen LogP contribution in [-0.2, 0) is 9.59 Å². The van der Waals surface area contributed by atoms with Gasteiger partial charge in [-0.1, -0.05) is 33.6 Å². The Balaban J connectivity index is 1.62. The molecule has 4 aromatic rings. The molecule has 7 nitrogen and oxygen atoms in total. The van der Waals surface area contributed by atoms with Crippen molar-refractivity contribution in [2.24, 2.45) is 0 Å². The molecular formula is C25H20BrFN4O3. The summed E-state index contributed by atoms with van der Waals surface area (Å²) in [5, 5.41) is 5.92. The number of carbonyl (C=O) groups excluding carboxylic acids is 3. The molecule has 0 aliphatic carbocycles. The lowest BCUT2D eigenvalue weighted by Gasteiger charge is -2.13. The first-order valence-electron chi connectivity index (χ1n) is 10.3. The lowest BCUT2D eigenvalue weighted by Crippen LogP contribution is -2.36. The van der Waals surface area contributed by atoms with E-state index in [-0.39, 0.29) is 5.69 Å². The van der Waals surface area contributed by atoms with Gasteiger partial charge in [0.1, 0.15) is 11.5 Å². The maximum absolute atomic E-state index is 13.2. The topological polar surface area (TPSA) is 92.2 Å². The summed E-state index contributed by atoms with van der Waals surface area (Å²) in [5.74, 6) is -2.81. The molecule has 0 fully saturated rings. The Labute approximate surface area is 203 Å². The standard InChI is InChI=1S/C25H20BrFN4O3/c1-14-3-9-20(15(2)11-14)29-24(33)25(34)30-31-21-10-4-17(26)12-16(21)13-22(31)23(32)28-19-7-5-18(27)6-8-19/h3-13H,1-2H3,(H,28,32)(H,29,33)(H,30,34). The van der Waals surface area contributed by atoms with Gasteiger partial charge in [0.25, 0.3) is 5.91 Å². The van der Waals surface area contributed by atoms with E-state index >= 15 is 0 Å². The van der Waals surface area contributed by atoms with Crippen LogP contribution in [0.15, 0.2) is 71.2 Å². The molecule has 0 saturated heterocycles. The number of benzene rings is 3. The van der Waals surface area contributed by atoms with Crippen molar-refractivity contribution >= 4 is 55.9 Å². The average Bonchev–Trinajstić information content (AvgIpc) is 3.14. The van der Waals surface area contributed by atoms with Gasteiger partial charge in [-0.25, -0.2) is 9.07 Å². The van der Waals surface area contributed by atoms with Crippen LogP contribution in [0.5, 0.6) is 0 Å². The van der Waals surface area contributed by atoms with Crippen molar-refractivity contribution in [1.29, 1.82) is 0 Å². The van der Waals surface area contributed by atoms with Gasteiger partial charge in [0.05, 0.1) is 5.52 Å². The van der Waals surface area contributed by atoms with Crippen LogP contribution in [-0.4, -0.2) is 22.4 Å². The summed E-state index contributed by atoms with van der Waals surface area (Å²) in [5.41, 5.74) is 5.85. The molecule has 3 N–H and O–H groups in total. The molecule has 0 aliphatic rings. The van der Waals surface area contributed by atoms with E-state index in [9.17, 15) is 18.8 Å². The molecule has 0 saturated carbocycles. The Bertz CT molecular complexity index is 1430. The maximum atomic E-state index is 13.2. The van der Waals surface area contributed by atoms with Crippen molar-refractivity contribution in [3.8, 4) is 0 Å². The zero-order valence-corrected chi connectivity index (χ0v) is 19.9. The fourth-order valence-electron chi connectivity index (χ4n) is 3.49. The largest absolute Gasteiger partial charge is 0.328 e. The lowest BCUT2D eigenvalue weighted by molar-refractivity contribution is -0.133. The summed E-state index contributed by atoms with van der Waals surface area (Å²) in [6.07, 6.45) is 0. The van der Waals surface area contributed by atoms with E-state index < -0.39 is 23.5 Å². The van der Waals surface area contributed by atoms with Crippen molar-refractivity contribution < 1.29 is 18.8 Å². The van der Waals surface area contributed by atoms with Gasteiger partial charge in [-0.2, -0.15) is 0 Å². The molecule has 0 atom stereocenters. The van der Waals surface area contributed by atoms with Crippen molar-refractivity contribution in [3.05, 3.63) is 93.8 Å². The molecule has 0 unspecified atom stereocenters. The Kier molecular flexibility index (Phi) is 6.47. The second kappa shape index (κ2) is 9.48. The van der Waals surface area contributed by atoms with Crippen molar-refractivity contribution in [3.63, 3.8) is 0 Å². The third kappa shape index (κ3) is 4.99. The van der Waals surface area contributed by atoms with Gasteiger partial charge in [-0.15, -0.1) is 0 Å². The normalized spacial score (nSPS) is 10.7. The molecule has 1 heterocycles. The number of aromatic nitrogens is 1. The number of amides is 3. The highest BCUT2D eigenvalue weighted by Crippen LogP contribution is 2.24. The number of aryl methyl sites for hydroxylation is 2. The summed E-state index contributed by atoms with van der Waals surface area (Å²) in [6, 6.07) is 17.6. The van der Waals surface area contributed by atoms with Crippen LogP contribution in [0, 0.1) is 19.7 Å². The fraction of sp³-hybridized carbons (Fsp3) is 0.0800. The van der Waals surface area contributed by atoms with Gasteiger partial charge in [0.2, 0.25) is 0 Å². The highest BCUT2D eigenvalue weighted by Gasteiger charge is 2.21. The summed E-state index contributed by atoms with van der Waals surface area (Å²) in [7, 11) is 0. The summed E-state index contributed by atoms with van der Waals surface area (Å²) in [4.78, 5) is 38.3. The number of anilines is 2. The molecule has 3 aromatic carbocycles. The van der Waals surface area contributed by atoms with Crippen LogP contribution in [0.25, 0.3) is 10.9 Å². The molecular weight excluding hydrogens is 503 g/mol. The van der Waals surface area contributed by atoms with E-state index in [0.717, 1.165) is 15.6 Å². The minimum absolute atomic E-state index is 0.0880. The zero-order chi connectivity index (χ0) is 24.4. The molecule has 0 aliphatic heterocycles. The van der Waals surface area contributed by atoms with Crippen molar-refractivity contribution in [2.75, 3.05) is 16.1 Å². The predicted molar refractivity (Wildman–Crippen MR) is 133 cm³/mol. The van der Waals surface area contributed by atoms with Gasteiger partial charge in [-0.3, -0.25) is 19.8 Å². The molecule has 34 heavy (non-hydrogen) atoms. The molecule has 1 aromatic heterocycles. The average molecular weight is 523 g/mol. The third-order valence-electron chi connectivity index (χ3n) is 5.15. The number of hydrogen-bond donors (Lipinski definition) is 3. The fourth-order valence-corrected chi connectivity index (χ4v) is 3.87. The van der Waals surface area contributed by atoms with Gasteiger partial charge < -0.3 is 10.6 Å². The molecule has 0 spiro atoms. The minimum atomic E-state index is -0.948. The number of halogens is 2. The first kappa shape index (κ1) is 23.2. The summed E-state index contributed by atoms with van der Waals surface area (Å²) in [6.45, 7) is 3.76. The minimum Gasteiger partial charge on any atom is -0.321 e. The SMILES string of the molecule is Cc1ccc(NC(=O)C(=O)Nn2c(C(=O)Nc3ccc(F)cc3)cc3cc(Br)ccc32)c(C)c1. The number of nitrogens with one attached hydrogen (secondary N) is 3. The molecule has 9 heteroatoms. The quantitative estimate of drug-likeness (QED) is 0.325. The lowest BCUT2D eigenvalue weighted by atomic mass is 10.1. The molecule has 3 amide bonds. The van der Waals surface area contributed by atoms with E-state index in [0.29, 0.717) is 22.3 Å². The smallest absolute Gasteiger partial charge is 0.321 e. The first-order chi connectivity index (χ1) is 16.2. The highest BCUT2D eigenvalue weighted by molar-refractivity contribution is 9.10. The molecule has 0 bridgehead atoms. The molecule has 4 rings (SSSR count). The number of fused-ring (bicyclic) bond motifs is 1. The predicted octanol–water partition coefficient (Wildman–Crippen LogP) is 5.12. The van der Waals surface area contributed by atoms with E-state index in [4.69, 9.17) is 0 Å². The van der Waals surface area contributed by atoms with Crippen LogP contribution in [0.4, 0.5) is 15.8 Å². The maximum Gasteiger partial charge on any atom is 0.328 e. The van der Waals surface area contributed by atoms with Crippen LogP contribution < -0.4 is 16.1 Å². The van der Waals surface area contributed by atoms with Crippen LogP contribution >= 0.6 is 15.9 Å². The molecule has 0 radical (unpaired) electrons. The highest BCUT2D eigenvalue weighted by atomic mass is 79.9. The van der Waals surface area contributed by atoms with Crippen LogP contribution in [0.3, 0.4) is 0 Å². The summed E-state index contributed by atoms with van der Waals surface area (Å²) >= 11 is 3.39. The monoisotopic (exact) mass is 522 g/mol. The van der Waals surface area contributed by atoms with E-state index in [1.807, 2.05) is 26.0 Å². The first-order valence-corrected chi connectivity index (χ1v) is 11.1.